The van der Waals surface area contributed by atoms with Crippen LogP contribution in [-0.4, -0.2) is 30.2 Å². The van der Waals surface area contributed by atoms with Crippen LogP contribution in [0.5, 0.6) is 0 Å². The molecule has 0 aromatic heterocycles. The lowest BCUT2D eigenvalue weighted by Crippen LogP contribution is -2.49. The second-order valence-corrected chi connectivity index (χ2v) is 2.78. The summed E-state index contributed by atoms with van der Waals surface area (Å²) in [5, 5.41) is 17.8. The maximum Gasteiger partial charge on any atom is 0.494 e. The Bertz CT molecular complexity index is 353. The summed E-state index contributed by atoms with van der Waals surface area (Å²) in [4.78, 5) is 11.1. The Morgan fingerprint density at radius 1 is 1.50 bits per heavy atom. The van der Waals surface area contributed by atoms with Crippen molar-refractivity contribution in [2.24, 2.45) is 0 Å². The van der Waals surface area contributed by atoms with Gasteiger partial charge < -0.3 is 20.5 Å². The van der Waals surface area contributed by atoms with Crippen LogP contribution in [0.2, 0.25) is 0 Å². The summed E-state index contributed by atoms with van der Waals surface area (Å²) in [6.45, 7) is 0. The topological polar surface area (TPSA) is 94.4 Å². The molecule has 74 valence electrons. The number of benzene rings is 1. The fourth-order valence-electron chi connectivity index (χ4n) is 1.10. The average molecular weight is 196 g/mol. The predicted octanol–water partition coefficient (Wildman–Crippen LogP) is -1.97. The van der Waals surface area contributed by atoms with Gasteiger partial charge in [0, 0.05) is 11.5 Å². The molecule has 0 saturated heterocycles. The van der Waals surface area contributed by atoms with E-state index in [1.807, 2.05) is 0 Å². The van der Waals surface area contributed by atoms with Crippen LogP contribution in [0, 0.1) is 0 Å². The number of methoxy groups -OCH3 is 1. The maximum atomic E-state index is 11.1. The summed E-state index contributed by atoms with van der Waals surface area (Å²) in [5.41, 5.74) is 4.59. The molecule has 0 bridgehead atoms. The summed E-state index contributed by atoms with van der Waals surface area (Å²) in [7, 11) is -0.297. The van der Waals surface area contributed by atoms with Gasteiger partial charge in [0.05, 0.1) is 12.7 Å². The second kappa shape index (κ2) is 4.23. The highest BCUT2D eigenvalue weighted by molar-refractivity contribution is 6.60. The van der Waals surface area contributed by atoms with Gasteiger partial charge in [0.2, 0.25) is 0 Å². The zero-order valence-electron chi connectivity index (χ0n) is 7.73. The van der Waals surface area contributed by atoms with E-state index in [2.05, 4.69) is 10.5 Å². The molecule has 0 aliphatic rings. The van der Waals surface area contributed by atoms with E-state index in [4.69, 9.17) is 10.0 Å². The third kappa shape index (κ3) is 2.11. The smallest absolute Gasteiger partial charge is 0.465 e. The summed E-state index contributed by atoms with van der Waals surface area (Å²) in [6.07, 6.45) is 0. The van der Waals surface area contributed by atoms with Gasteiger partial charge in [-0.1, -0.05) is 6.07 Å². The predicted molar refractivity (Wildman–Crippen MR) is 50.2 cm³/mol. The van der Waals surface area contributed by atoms with E-state index in [0.29, 0.717) is 11.3 Å². The van der Waals surface area contributed by atoms with Crippen molar-refractivity contribution in [1.82, 2.24) is 0 Å². The van der Waals surface area contributed by atoms with E-state index < -0.39 is 13.1 Å². The summed E-state index contributed by atoms with van der Waals surface area (Å²) < 4.78 is 4.50. The molecule has 0 amide bonds. The van der Waals surface area contributed by atoms with E-state index in [1.165, 1.54) is 25.3 Å². The highest BCUT2D eigenvalue weighted by Gasteiger charge is 2.18. The van der Waals surface area contributed by atoms with Gasteiger partial charge in [-0.2, -0.15) is 0 Å². The highest BCUT2D eigenvalue weighted by Crippen LogP contribution is 2.05. The second-order valence-electron chi connectivity index (χ2n) is 2.78. The molecule has 0 saturated carbocycles. The Morgan fingerprint density at radius 3 is 2.57 bits per heavy atom. The minimum Gasteiger partial charge on any atom is -0.465 e. The number of rotatable bonds is 2. The van der Waals surface area contributed by atoms with E-state index in [-0.39, 0.29) is 5.46 Å². The molecule has 0 spiro atoms. The molecule has 1 rings (SSSR count). The van der Waals surface area contributed by atoms with Gasteiger partial charge in [0.25, 0.3) is 0 Å². The number of hydrogen-bond donors (Lipinski definition) is 3. The van der Waals surface area contributed by atoms with Gasteiger partial charge in [-0.05, 0) is 6.07 Å². The Kier molecular flexibility index (Phi) is 3.24. The van der Waals surface area contributed by atoms with Crippen LogP contribution >= 0.6 is 0 Å². The molecule has 5 nitrogen and oxygen atoms in total. The lowest BCUT2D eigenvalue weighted by Gasteiger charge is -2.03. The van der Waals surface area contributed by atoms with Crippen LogP contribution < -0.4 is 11.2 Å². The molecule has 0 unspecified atom stereocenters. The Balaban J connectivity index is 3.06. The Labute approximate surface area is 81.3 Å². The van der Waals surface area contributed by atoms with Crippen LogP contribution in [0.15, 0.2) is 18.2 Å². The molecular formula is C8H11BNO4+. The summed E-state index contributed by atoms with van der Waals surface area (Å²) in [6, 6.07) is 4.33. The van der Waals surface area contributed by atoms with Crippen molar-refractivity contribution in [3.8, 4) is 0 Å². The summed E-state index contributed by atoms with van der Waals surface area (Å²) >= 11 is 0. The van der Waals surface area contributed by atoms with Crippen molar-refractivity contribution in [2.45, 2.75) is 0 Å². The van der Waals surface area contributed by atoms with E-state index in [0.717, 1.165) is 0 Å². The van der Waals surface area contributed by atoms with Crippen LogP contribution in [-0.2, 0) is 4.74 Å². The first-order valence-electron chi connectivity index (χ1n) is 3.96. The summed E-state index contributed by atoms with van der Waals surface area (Å²) in [5.74, 6) is -0.478. The van der Waals surface area contributed by atoms with Crippen LogP contribution in [0.1, 0.15) is 10.4 Å². The third-order valence-electron chi connectivity index (χ3n) is 1.84. The van der Waals surface area contributed by atoms with E-state index in [1.54, 1.807) is 0 Å². The van der Waals surface area contributed by atoms with Crippen LogP contribution in [0.25, 0.3) is 0 Å². The average Bonchev–Trinajstić information content (AvgIpc) is 2.15. The van der Waals surface area contributed by atoms with Crippen molar-refractivity contribution in [3.63, 3.8) is 0 Å². The van der Waals surface area contributed by atoms with Crippen LogP contribution in [0.4, 0.5) is 5.69 Å². The zero-order valence-corrected chi connectivity index (χ0v) is 7.73. The van der Waals surface area contributed by atoms with Gasteiger partial charge in [0.1, 0.15) is 5.69 Å². The number of hydrogen-bond acceptors (Lipinski definition) is 4. The van der Waals surface area contributed by atoms with E-state index >= 15 is 0 Å². The van der Waals surface area contributed by atoms with Gasteiger partial charge in [0.15, 0.2) is 0 Å². The number of carbonyl (C=O) groups excluding carboxylic acids is 1. The molecule has 0 atom stereocenters. The Morgan fingerprint density at radius 2 is 2.14 bits per heavy atom. The van der Waals surface area contributed by atoms with Gasteiger partial charge in [-0.25, -0.2) is 4.79 Å². The molecule has 1 aromatic rings. The SMILES string of the molecule is COC(=O)c1ccc(B(O)O)c([NH3+])c1. The normalized spacial score (nSPS) is 9.71. The number of ether oxygens (including phenoxy) is 1. The van der Waals surface area contributed by atoms with Crippen molar-refractivity contribution in [1.29, 1.82) is 0 Å². The first kappa shape index (κ1) is 10.7. The molecular weight excluding hydrogens is 185 g/mol. The molecule has 1 aromatic carbocycles. The molecule has 6 heteroatoms. The molecule has 5 N–H and O–H groups in total. The Hall–Kier alpha value is -1.37. The lowest BCUT2D eigenvalue weighted by atomic mass is 9.78. The fraction of sp³-hybridized carbons (Fsp3) is 0.125. The van der Waals surface area contributed by atoms with Gasteiger partial charge in [-0.15, -0.1) is 0 Å². The number of quaternary nitrogens is 1. The molecule has 14 heavy (non-hydrogen) atoms. The number of carbonyl (C=O) groups is 1. The largest absolute Gasteiger partial charge is 0.494 e. The molecule has 0 aliphatic heterocycles. The van der Waals surface area contributed by atoms with Gasteiger partial charge in [-0.3, -0.25) is 0 Å². The first-order chi connectivity index (χ1) is 6.56. The molecule has 0 aliphatic carbocycles. The standard InChI is InChI=1S/C8H10BNO4/c1-14-8(11)5-2-3-6(9(12)13)7(10)4-5/h2-4,12-13H,10H2,1H3/p+1. The fourth-order valence-corrected chi connectivity index (χ4v) is 1.10. The van der Waals surface area contributed by atoms with Crippen molar-refractivity contribution in [2.75, 3.05) is 7.11 Å². The lowest BCUT2D eigenvalue weighted by molar-refractivity contribution is -0.253. The quantitative estimate of drug-likeness (QED) is 0.377. The van der Waals surface area contributed by atoms with Gasteiger partial charge >= 0.3 is 13.1 Å². The van der Waals surface area contributed by atoms with E-state index in [9.17, 15) is 4.79 Å². The van der Waals surface area contributed by atoms with Crippen molar-refractivity contribution < 1.29 is 25.3 Å². The number of esters is 1. The minimum absolute atomic E-state index is 0.276. The molecule has 0 fully saturated rings. The van der Waals surface area contributed by atoms with Crippen molar-refractivity contribution >= 4 is 24.2 Å². The van der Waals surface area contributed by atoms with Crippen LogP contribution in [0.3, 0.4) is 0 Å². The third-order valence-corrected chi connectivity index (χ3v) is 1.84. The minimum atomic E-state index is -1.57. The molecule has 0 radical (unpaired) electrons. The first-order valence-corrected chi connectivity index (χ1v) is 3.96. The van der Waals surface area contributed by atoms with Crippen molar-refractivity contribution in [3.05, 3.63) is 23.8 Å². The zero-order chi connectivity index (χ0) is 10.7. The molecule has 0 heterocycles. The maximum absolute atomic E-state index is 11.1. The monoisotopic (exact) mass is 196 g/mol. The highest BCUT2D eigenvalue weighted by atomic mass is 16.5.